The van der Waals surface area contributed by atoms with E-state index in [-0.39, 0.29) is 12.2 Å². The molecule has 1 unspecified atom stereocenters. The molecule has 0 saturated carbocycles. The summed E-state index contributed by atoms with van der Waals surface area (Å²) in [6.45, 7) is 3.77. The third-order valence-electron chi connectivity index (χ3n) is 2.78. The fraction of sp³-hybridized carbons (Fsp3) is 0.462. The predicted molar refractivity (Wildman–Crippen MR) is 71.5 cm³/mol. The van der Waals surface area contributed by atoms with Crippen LogP contribution in [-0.4, -0.2) is 26.6 Å². The molecular weight excluding hydrogens is 250 g/mol. The minimum atomic E-state index is -1.69. The van der Waals surface area contributed by atoms with Crippen molar-refractivity contribution in [1.29, 1.82) is 0 Å². The monoisotopic (exact) mass is 269 g/mol. The number of rotatable bonds is 6. The van der Waals surface area contributed by atoms with E-state index >= 15 is 0 Å². The number of carbonyl (C=O) groups is 1. The number of carbonyl (C=O) groups excluding carboxylic acids is 1. The fourth-order valence-corrected chi connectivity index (χ4v) is 3.00. The molecular formula is C13H19NO3S. The standard InChI is InChI=1S/C13H19NO3S/c1-3-8-13(16,12(14)15)9-18(17)11-6-4-10(2)5-7-11/h4-7,16H,3,8-9H2,1-2H3,(H2,14,15)/t13-,18?/m1/s1. The van der Waals surface area contributed by atoms with E-state index in [2.05, 4.69) is 0 Å². The normalized spacial score (nSPS) is 15.9. The van der Waals surface area contributed by atoms with Gasteiger partial charge in [0.25, 0.3) is 0 Å². The molecule has 0 aliphatic carbocycles. The Kier molecular flexibility index (Phi) is 5.04. The highest BCUT2D eigenvalue weighted by molar-refractivity contribution is 7.85. The Labute approximate surface area is 110 Å². The van der Waals surface area contributed by atoms with E-state index < -0.39 is 22.3 Å². The lowest BCUT2D eigenvalue weighted by atomic mass is 10.0. The lowest BCUT2D eigenvalue weighted by molar-refractivity contribution is -0.134. The molecule has 4 nitrogen and oxygen atoms in total. The van der Waals surface area contributed by atoms with Gasteiger partial charge in [-0.25, -0.2) is 0 Å². The van der Waals surface area contributed by atoms with Gasteiger partial charge < -0.3 is 10.8 Å². The van der Waals surface area contributed by atoms with Crippen LogP contribution in [0.5, 0.6) is 0 Å². The molecule has 3 N–H and O–H groups in total. The second-order valence-corrected chi connectivity index (χ2v) is 5.90. The summed E-state index contributed by atoms with van der Waals surface area (Å²) in [5.41, 5.74) is 4.56. The molecule has 1 rings (SSSR count). The molecule has 100 valence electrons. The quantitative estimate of drug-likeness (QED) is 0.812. The third-order valence-corrected chi connectivity index (χ3v) is 4.31. The number of amides is 1. The summed E-state index contributed by atoms with van der Waals surface area (Å²) < 4.78 is 12.1. The molecule has 0 heterocycles. The maximum atomic E-state index is 12.1. The summed E-state index contributed by atoms with van der Waals surface area (Å²) in [5, 5.41) is 10.1. The topological polar surface area (TPSA) is 80.4 Å². The molecule has 0 aliphatic heterocycles. The zero-order valence-electron chi connectivity index (χ0n) is 10.7. The number of aryl methyl sites for hydroxylation is 1. The number of benzene rings is 1. The second-order valence-electron chi connectivity index (χ2n) is 4.45. The first-order chi connectivity index (χ1) is 8.39. The lowest BCUT2D eigenvalue weighted by Crippen LogP contribution is -2.48. The Morgan fingerprint density at radius 2 is 1.94 bits per heavy atom. The average molecular weight is 269 g/mol. The number of aliphatic hydroxyl groups is 1. The van der Waals surface area contributed by atoms with Crippen LogP contribution in [0.1, 0.15) is 25.3 Å². The molecule has 1 aromatic rings. The summed E-state index contributed by atoms with van der Waals surface area (Å²) in [7, 11) is -1.43. The highest BCUT2D eigenvalue weighted by atomic mass is 32.2. The summed E-state index contributed by atoms with van der Waals surface area (Å²) in [5.74, 6) is -0.969. The van der Waals surface area contributed by atoms with E-state index in [1.807, 2.05) is 26.0 Å². The van der Waals surface area contributed by atoms with Gasteiger partial charge in [0.15, 0.2) is 5.60 Å². The molecule has 0 fully saturated rings. The molecule has 0 aliphatic rings. The van der Waals surface area contributed by atoms with Crippen molar-refractivity contribution >= 4 is 16.7 Å². The fourth-order valence-electron chi connectivity index (χ4n) is 1.67. The van der Waals surface area contributed by atoms with E-state index in [1.165, 1.54) is 0 Å². The Morgan fingerprint density at radius 3 is 2.39 bits per heavy atom. The summed E-state index contributed by atoms with van der Waals surface area (Å²) in [6.07, 6.45) is 0.824. The summed E-state index contributed by atoms with van der Waals surface area (Å²) >= 11 is 0. The van der Waals surface area contributed by atoms with E-state index in [0.717, 1.165) is 5.56 Å². The van der Waals surface area contributed by atoms with Gasteiger partial charge in [-0.3, -0.25) is 9.00 Å². The molecule has 0 aromatic heterocycles. The molecule has 0 radical (unpaired) electrons. The van der Waals surface area contributed by atoms with Crippen LogP contribution in [0.3, 0.4) is 0 Å². The Bertz CT molecular complexity index is 444. The van der Waals surface area contributed by atoms with Crippen LogP contribution in [-0.2, 0) is 15.6 Å². The van der Waals surface area contributed by atoms with Gasteiger partial charge >= 0.3 is 0 Å². The van der Waals surface area contributed by atoms with Gasteiger partial charge in [-0.2, -0.15) is 0 Å². The molecule has 0 saturated heterocycles. The van der Waals surface area contributed by atoms with Crippen molar-refractivity contribution in [3.8, 4) is 0 Å². The van der Waals surface area contributed by atoms with Crippen LogP contribution < -0.4 is 5.73 Å². The molecule has 2 atom stereocenters. The van der Waals surface area contributed by atoms with E-state index in [9.17, 15) is 14.1 Å². The van der Waals surface area contributed by atoms with Crippen molar-refractivity contribution in [3.05, 3.63) is 29.8 Å². The molecule has 18 heavy (non-hydrogen) atoms. The van der Waals surface area contributed by atoms with E-state index in [4.69, 9.17) is 5.73 Å². The van der Waals surface area contributed by atoms with Gasteiger partial charge in [-0.15, -0.1) is 0 Å². The lowest BCUT2D eigenvalue weighted by Gasteiger charge is -2.23. The van der Waals surface area contributed by atoms with Gasteiger partial charge in [-0.1, -0.05) is 31.0 Å². The van der Waals surface area contributed by atoms with Crippen LogP contribution in [0, 0.1) is 6.92 Å². The van der Waals surface area contributed by atoms with E-state index in [0.29, 0.717) is 11.3 Å². The zero-order chi connectivity index (χ0) is 13.8. The highest BCUT2D eigenvalue weighted by Crippen LogP contribution is 2.18. The second kappa shape index (κ2) is 6.11. The number of hydrogen-bond donors (Lipinski definition) is 2. The Hall–Kier alpha value is -1.20. The molecule has 1 aromatic carbocycles. The van der Waals surface area contributed by atoms with Gasteiger partial charge in [0.05, 0.1) is 16.6 Å². The predicted octanol–water partition coefficient (Wildman–Crippen LogP) is 1.12. The molecule has 0 spiro atoms. The highest BCUT2D eigenvalue weighted by Gasteiger charge is 2.35. The molecule has 1 amide bonds. The van der Waals surface area contributed by atoms with Gasteiger partial charge in [0.2, 0.25) is 5.91 Å². The van der Waals surface area contributed by atoms with Gasteiger partial charge in [0.1, 0.15) is 0 Å². The minimum Gasteiger partial charge on any atom is -0.379 e. The maximum absolute atomic E-state index is 12.1. The van der Waals surface area contributed by atoms with Crippen LogP contribution in [0.2, 0.25) is 0 Å². The van der Waals surface area contributed by atoms with E-state index in [1.54, 1.807) is 12.1 Å². The van der Waals surface area contributed by atoms with Crippen molar-refractivity contribution in [3.63, 3.8) is 0 Å². The number of primary amides is 1. The van der Waals surface area contributed by atoms with Crippen LogP contribution in [0.25, 0.3) is 0 Å². The molecule has 0 bridgehead atoms. The van der Waals surface area contributed by atoms with Crippen molar-refractivity contribution in [2.24, 2.45) is 5.73 Å². The van der Waals surface area contributed by atoms with Crippen molar-refractivity contribution in [2.45, 2.75) is 37.2 Å². The van der Waals surface area contributed by atoms with Crippen LogP contribution in [0.4, 0.5) is 0 Å². The van der Waals surface area contributed by atoms with Crippen LogP contribution in [0.15, 0.2) is 29.2 Å². The smallest absolute Gasteiger partial charge is 0.250 e. The molecule has 5 heteroatoms. The maximum Gasteiger partial charge on any atom is 0.250 e. The average Bonchev–Trinajstić information content (AvgIpc) is 2.29. The van der Waals surface area contributed by atoms with Crippen molar-refractivity contribution in [2.75, 3.05) is 5.75 Å². The first-order valence-electron chi connectivity index (χ1n) is 5.86. The van der Waals surface area contributed by atoms with Gasteiger partial charge in [-0.05, 0) is 25.5 Å². The zero-order valence-corrected chi connectivity index (χ0v) is 11.5. The largest absolute Gasteiger partial charge is 0.379 e. The summed E-state index contributed by atoms with van der Waals surface area (Å²) in [4.78, 5) is 11.9. The summed E-state index contributed by atoms with van der Waals surface area (Å²) in [6, 6.07) is 7.16. The number of hydrogen-bond acceptors (Lipinski definition) is 3. The Morgan fingerprint density at radius 1 is 1.39 bits per heavy atom. The van der Waals surface area contributed by atoms with Gasteiger partial charge in [0, 0.05) is 4.90 Å². The SMILES string of the molecule is CCC[C@@](O)(CS(=O)c1ccc(C)cc1)C(N)=O. The Balaban J connectivity index is 2.85. The van der Waals surface area contributed by atoms with Crippen molar-refractivity contribution in [1.82, 2.24) is 0 Å². The number of nitrogens with two attached hydrogens (primary N) is 1. The van der Waals surface area contributed by atoms with Crippen LogP contribution >= 0.6 is 0 Å². The first-order valence-corrected chi connectivity index (χ1v) is 7.18. The first kappa shape index (κ1) is 14.9. The minimum absolute atomic E-state index is 0.154. The third kappa shape index (κ3) is 3.65. The van der Waals surface area contributed by atoms with Crippen molar-refractivity contribution < 1.29 is 14.1 Å².